The van der Waals surface area contributed by atoms with Gasteiger partial charge in [0.25, 0.3) is 5.91 Å². The Morgan fingerprint density at radius 3 is 3.09 bits per heavy atom. The zero-order chi connectivity index (χ0) is 15.3. The van der Waals surface area contributed by atoms with Gasteiger partial charge in [0, 0.05) is 11.8 Å². The number of hydrogen-bond donors (Lipinski definition) is 3. The first-order valence-corrected chi connectivity index (χ1v) is 7.94. The summed E-state index contributed by atoms with van der Waals surface area (Å²) in [6.07, 6.45) is 1.00. The van der Waals surface area contributed by atoms with E-state index in [0.717, 1.165) is 30.6 Å². The molecule has 1 saturated heterocycles. The third kappa shape index (κ3) is 2.19. The molecule has 0 bridgehead atoms. The lowest BCUT2D eigenvalue weighted by molar-refractivity contribution is 0.100. The van der Waals surface area contributed by atoms with E-state index in [1.807, 2.05) is 0 Å². The normalized spacial score (nSPS) is 24.3. The van der Waals surface area contributed by atoms with Crippen molar-refractivity contribution in [3.63, 3.8) is 0 Å². The Labute approximate surface area is 129 Å². The molecule has 2 aliphatic heterocycles. The van der Waals surface area contributed by atoms with Crippen LogP contribution in [-0.2, 0) is 0 Å². The number of rotatable bonds is 2. The second-order valence-electron chi connectivity index (χ2n) is 5.45. The number of H-pyrrole nitrogens is 1. The van der Waals surface area contributed by atoms with Crippen molar-refractivity contribution in [2.24, 2.45) is 10.7 Å². The summed E-state index contributed by atoms with van der Waals surface area (Å²) in [5.41, 5.74) is 6.23. The summed E-state index contributed by atoms with van der Waals surface area (Å²) in [5, 5.41) is 4.57. The van der Waals surface area contributed by atoms with Crippen LogP contribution in [0.4, 0.5) is 4.39 Å². The van der Waals surface area contributed by atoms with Crippen molar-refractivity contribution in [1.29, 1.82) is 0 Å². The third-order valence-corrected chi connectivity index (χ3v) is 5.26. The molecule has 0 radical (unpaired) electrons. The number of imidazole rings is 1. The van der Waals surface area contributed by atoms with E-state index >= 15 is 0 Å². The molecule has 3 heterocycles. The predicted molar refractivity (Wildman–Crippen MR) is 83.8 cm³/mol. The number of aromatic amines is 1. The number of fused-ring (bicyclic) bond motifs is 2. The van der Waals surface area contributed by atoms with Gasteiger partial charge in [-0.25, -0.2) is 9.37 Å². The fourth-order valence-corrected chi connectivity index (χ4v) is 4.14. The summed E-state index contributed by atoms with van der Waals surface area (Å²) < 4.78 is 13.6. The van der Waals surface area contributed by atoms with E-state index in [0.29, 0.717) is 28.1 Å². The van der Waals surface area contributed by atoms with Gasteiger partial charge >= 0.3 is 0 Å². The van der Waals surface area contributed by atoms with Gasteiger partial charge in [-0.15, -0.1) is 0 Å². The van der Waals surface area contributed by atoms with Crippen molar-refractivity contribution in [2.75, 3.05) is 13.1 Å². The molecule has 0 saturated carbocycles. The molecule has 6 nitrogen and oxygen atoms in total. The zero-order valence-electron chi connectivity index (χ0n) is 11.6. The number of aliphatic imine (C=N–C) groups is 1. The monoisotopic (exact) mass is 319 g/mol. The molecule has 1 aromatic carbocycles. The molecule has 2 aliphatic rings. The number of primary amides is 1. The topological polar surface area (TPSA) is 96.2 Å². The highest BCUT2D eigenvalue weighted by atomic mass is 32.2. The molecule has 1 aromatic heterocycles. The zero-order valence-corrected chi connectivity index (χ0v) is 12.4. The molecule has 0 aliphatic carbocycles. The third-order valence-electron chi connectivity index (χ3n) is 3.96. The second kappa shape index (κ2) is 5.06. The van der Waals surface area contributed by atoms with Crippen LogP contribution in [0.25, 0.3) is 11.0 Å². The van der Waals surface area contributed by atoms with Gasteiger partial charge < -0.3 is 16.0 Å². The minimum atomic E-state index is -0.693. The van der Waals surface area contributed by atoms with Gasteiger partial charge in [0.15, 0.2) is 5.82 Å². The van der Waals surface area contributed by atoms with Gasteiger partial charge in [-0.2, -0.15) is 0 Å². The van der Waals surface area contributed by atoms with E-state index in [1.165, 1.54) is 6.07 Å². The summed E-state index contributed by atoms with van der Waals surface area (Å²) in [5.74, 6) is -0.640. The van der Waals surface area contributed by atoms with Crippen LogP contribution >= 0.6 is 11.8 Å². The number of halogens is 1. The highest BCUT2D eigenvalue weighted by molar-refractivity contribution is 8.15. The van der Waals surface area contributed by atoms with Crippen LogP contribution in [0.1, 0.15) is 22.6 Å². The van der Waals surface area contributed by atoms with Crippen LogP contribution in [0, 0.1) is 5.82 Å². The highest BCUT2D eigenvalue weighted by Crippen LogP contribution is 2.33. The Morgan fingerprint density at radius 2 is 2.32 bits per heavy atom. The molecule has 0 spiro atoms. The van der Waals surface area contributed by atoms with E-state index in [9.17, 15) is 9.18 Å². The lowest BCUT2D eigenvalue weighted by Crippen LogP contribution is -2.39. The number of aromatic nitrogens is 2. The van der Waals surface area contributed by atoms with Crippen LogP contribution in [0.15, 0.2) is 17.1 Å². The number of amides is 1. The number of nitrogens with zero attached hydrogens (tertiary/aromatic N) is 2. The number of carbonyl (C=O) groups excluding carboxylic acids is 1. The van der Waals surface area contributed by atoms with Crippen LogP contribution < -0.4 is 11.1 Å². The van der Waals surface area contributed by atoms with E-state index in [4.69, 9.17) is 10.7 Å². The Bertz CT molecular complexity index is 802. The first kappa shape index (κ1) is 13.7. The molecule has 2 atom stereocenters. The highest BCUT2D eigenvalue weighted by Gasteiger charge is 2.33. The Balaban J connectivity index is 1.77. The number of thioether (sulfide) groups is 1. The molecule has 4 N–H and O–H groups in total. The molecule has 4 rings (SSSR count). The lowest BCUT2D eigenvalue weighted by Gasteiger charge is -2.22. The summed E-state index contributed by atoms with van der Waals surface area (Å²) >= 11 is 1.67. The Hall–Kier alpha value is -1.93. The quantitative estimate of drug-likeness (QED) is 0.770. The first-order valence-electron chi connectivity index (χ1n) is 7.06. The van der Waals surface area contributed by atoms with E-state index in [-0.39, 0.29) is 5.56 Å². The second-order valence-corrected chi connectivity index (χ2v) is 6.68. The SMILES string of the molecule is NC(=O)c1cc(F)cc2[nH]c(C3=NC4CCNCC4S3)nc12. The molecule has 1 fully saturated rings. The average molecular weight is 319 g/mol. The van der Waals surface area contributed by atoms with Gasteiger partial charge in [-0.05, 0) is 25.1 Å². The summed E-state index contributed by atoms with van der Waals surface area (Å²) in [7, 11) is 0. The number of carbonyl (C=O) groups is 1. The maximum atomic E-state index is 13.6. The summed E-state index contributed by atoms with van der Waals surface area (Å²) in [6.45, 7) is 1.89. The summed E-state index contributed by atoms with van der Waals surface area (Å²) in [4.78, 5) is 23.6. The molecule has 22 heavy (non-hydrogen) atoms. The molecule has 114 valence electrons. The standard InChI is InChI=1S/C14H14FN5OS/c15-6-3-7(12(16)21)11-9(4-6)18-13(20-11)14-19-8-1-2-17-5-10(8)22-14/h3-4,8,10,17H,1-2,5H2,(H2,16,21)(H,18,20). The number of nitrogens with two attached hydrogens (primary N) is 1. The van der Waals surface area contributed by atoms with E-state index in [1.54, 1.807) is 11.8 Å². The predicted octanol–water partition coefficient (Wildman–Crippen LogP) is 1.02. The molecular formula is C14H14FN5OS. The molecular weight excluding hydrogens is 305 g/mol. The molecule has 2 unspecified atom stereocenters. The van der Waals surface area contributed by atoms with E-state index in [2.05, 4.69) is 15.3 Å². The lowest BCUT2D eigenvalue weighted by atomic mass is 10.1. The summed E-state index contributed by atoms with van der Waals surface area (Å²) in [6, 6.07) is 2.72. The fourth-order valence-electron chi connectivity index (χ4n) is 2.90. The Kier molecular flexibility index (Phi) is 3.16. The van der Waals surface area contributed by atoms with E-state index < -0.39 is 11.7 Å². The molecule has 8 heteroatoms. The van der Waals surface area contributed by atoms with Crippen LogP contribution in [0.5, 0.6) is 0 Å². The van der Waals surface area contributed by atoms with Crippen LogP contribution in [-0.4, -0.2) is 45.3 Å². The average Bonchev–Trinajstić information content (AvgIpc) is 3.09. The molecule has 2 aromatic rings. The molecule has 1 amide bonds. The number of hydrogen-bond acceptors (Lipinski definition) is 5. The van der Waals surface area contributed by atoms with Crippen molar-refractivity contribution in [1.82, 2.24) is 15.3 Å². The maximum absolute atomic E-state index is 13.6. The van der Waals surface area contributed by atoms with Gasteiger partial charge in [0.05, 0.1) is 17.1 Å². The van der Waals surface area contributed by atoms with Crippen molar-refractivity contribution in [3.05, 3.63) is 29.3 Å². The minimum Gasteiger partial charge on any atom is -0.366 e. The number of benzene rings is 1. The smallest absolute Gasteiger partial charge is 0.251 e. The minimum absolute atomic E-state index is 0.0835. The first-order chi connectivity index (χ1) is 10.6. The van der Waals surface area contributed by atoms with Gasteiger partial charge in [-0.1, -0.05) is 11.8 Å². The van der Waals surface area contributed by atoms with Gasteiger partial charge in [-0.3, -0.25) is 9.79 Å². The van der Waals surface area contributed by atoms with Crippen LogP contribution in [0.3, 0.4) is 0 Å². The maximum Gasteiger partial charge on any atom is 0.251 e. The van der Waals surface area contributed by atoms with Crippen molar-refractivity contribution < 1.29 is 9.18 Å². The number of nitrogens with one attached hydrogen (secondary N) is 2. The van der Waals surface area contributed by atoms with Crippen molar-refractivity contribution in [3.8, 4) is 0 Å². The van der Waals surface area contributed by atoms with Crippen LogP contribution in [0.2, 0.25) is 0 Å². The van der Waals surface area contributed by atoms with Gasteiger partial charge in [0.2, 0.25) is 0 Å². The van der Waals surface area contributed by atoms with Crippen molar-refractivity contribution >= 4 is 33.7 Å². The number of piperidine rings is 1. The van der Waals surface area contributed by atoms with Gasteiger partial charge in [0.1, 0.15) is 16.4 Å². The Morgan fingerprint density at radius 1 is 1.45 bits per heavy atom. The largest absolute Gasteiger partial charge is 0.366 e. The fraction of sp³-hybridized carbons (Fsp3) is 0.357. The van der Waals surface area contributed by atoms with Crippen molar-refractivity contribution in [2.45, 2.75) is 17.7 Å².